The summed E-state index contributed by atoms with van der Waals surface area (Å²) in [4.78, 5) is 16.6. The number of carbonyl (C=O) groups excluding carboxylic acids is 1. The maximum Gasteiger partial charge on any atom is 0.291 e. The first kappa shape index (κ1) is 18.7. The largest absolute Gasteiger partial charge is 0.459 e. The normalized spacial score (nSPS) is 11.1. The van der Waals surface area contributed by atoms with Gasteiger partial charge in [0.25, 0.3) is 11.8 Å². The van der Waals surface area contributed by atoms with Crippen LogP contribution in [0.3, 0.4) is 0 Å². The Labute approximate surface area is 176 Å². The van der Waals surface area contributed by atoms with Crippen molar-refractivity contribution in [1.82, 2.24) is 25.1 Å². The van der Waals surface area contributed by atoms with Crippen LogP contribution >= 0.6 is 0 Å². The molecule has 5 aromatic rings. The van der Waals surface area contributed by atoms with E-state index in [0.29, 0.717) is 17.4 Å². The number of furan rings is 1. The van der Waals surface area contributed by atoms with Crippen molar-refractivity contribution in [3.05, 3.63) is 66.6 Å². The second-order valence-corrected chi connectivity index (χ2v) is 6.95. The van der Waals surface area contributed by atoms with Crippen molar-refractivity contribution < 1.29 is 13.7 Å². The molecule has 0 saturated heterocycles. The lowest BCUT2D eigenvalue weighted by molar-refractivity contribution is 0.0996. The van der Waals surface area contributed by atoms with E-state index in [-0.39, 0.29) is 11.7 Å². The molecule has 1 N–H and O–H groups in total. The molecule has 154 valence electrons. The summed E-state index contributed by atoms with van der Waals surface area (Å²) in [6, 6.07) is 16.2. The third-order valence-corrected chi connectivity index (χ3v) is 4.77. The van der Waals surface area contributed by atoms with Gasteiger partial charge in [-0.25, -0.2) is 4.68 Å². The van der Waals surface area contributed by atoms with Crippen LogP contribution in [0.4, 0.5) is 5.69 Å². The van der Waals surface area contributed by atoms with Gasteiger partial charge < -0.3 is 14.3 Å². The fourth-order valence-electron chi connectivity index (χ4n) is 3.24. The zero-order chi connectivity index (χ0) is 21.2. The molecule has 2 aromatic carbocycles. The molecule has 0 saturated carbocycles. The van der Waals surface area contributed by atoms with Gasteiger partial charge in [0.2, 0.25) is 5.82 Å². The van der Waals surface area contributed by atoms with Gasteiger partial charge in [0.05, 0.1) is 11.8 Å². The molecule has 3 aromatic heterocycles. The molecule has 0 fully saturated rings. The lowest BCUT2D eigenvalue weighted by Gasteiger charge is -2.03. The summed E-state index contributed by atoms with van der Waals surface area (Å²) >= 11 is 0. The predicted molar refractivity (Wildman–Crippen MR) is 113 cm³/mol. The molecule has 1 amide bonds. The van der Waals surface area contributed by atoms with Gasteiger partial charge in [-0.15, -0.1) is 5.10 Å². The Kier molecular flexibility index (Phi) is 4.75. The van der Waals surface area contributed by atoms with Crippen molar-refractivity contribution in [3.8, 4) is 22.8 Å². The highest BCUT2D eigenvalue weighted by Gasteiger charge is 2.14. The van der Waals surface area contributed by atoms with Gasteiger partial charge in [-0.2, -0.15) is 4.98 Å². The molecule has 9 heteroatoms. The van der Waals surface area contributed by atoms with E-state index in [1.807, 2.05) is 22.9 Å². The van der Waals surface area contributed by atoms with Crippen LogP contribution in [0.5, 0.6) is 0 Å². The third kappa shape index (κ3) is 3.68. The van der Waals surface area contributed by atoms with Gasteiger partial charge >= 0.3 is 0 Å². The highest BCUT2D eigenvalue weighted by molar-refractivity contribution is 6.02. The van der Waals surface area contributed by atoms with E-state index in [9.17, 15) is 4.79 Å². The molecule has 0 aliphatic carbocycles. The molecule has 0 unspecified atom stereocenters. The van der Waals surface area contributed by atoms with Crippen molar-refractivity contribution in [3.63, 3.8) is 0 Å². The van der Waals surface area contributed by atoms with Crippen LogP contribution in [-0.4, -0.2) is 31.0 Å². The average molecular weight is 414 g/mol. The smallest absolute Gasteiger partial charge is 0.291 e. The van der Waals surface area contributed by atoms with Gasteiger partial charge in [0, 0.05) is 23.4 Å². The van der Waals surface area contributed by atoms with Crippen LogP contribution < -0.4 is 5.32 Å². The van der Waals surface area contributed by atoms with Crippen molar-refractivity contribution in [2.24, 2.45) is 0 Å². The maximum atomic E-state index is 12.1. The van der Waals surface area contributed by atoms with Gasteiger partial charge in [0.1, 0.15) is 5.52 Å². The monoisotopic (exact) mass is 414 g/mol. The number of benzene rings is 2. The Morgan fingerprint density at radius 1 is 1.10 bits per heavy atom. The number of nitrogens with zero attached hydrogens (tertiary/aromatic N) is 5. The molecule has 0 atom stereocenters. The molecule has 3 heterocycles. The Morgan fingerprint density at radius 3 is 2.71 bits per heavy atom. The Hall–Kier alpha value is -4.27. The maximum absolute atomic E-state index is 12.1. The first-order valence-electron chi connectivity index (χ1n) is 9.84. The highest BCUT2D eigenvalue weighted by Crippen LogP contribution is 2.25. The summed E-state index contributed by atoms with van der Waals surface area (Å²) in [5.41, 5.74) is 3.93. The van der Waals surface area contributed by atoms with Crippen molar-refractivity contribution in [2.75, 3.05) is 5.32 Å². The van der Waals surface area contributed by atoms with Gasteiger partial charge in [-0.05, 0) is 61.0 Å². The van der Waals surface area contributed by atoms with E-state index in [0.717, 1.165) is 35.1 Å². The number of amides is 1. The summed E-state index contributed by atoms with van der Waals surface area (Å²) in [5.74, 6) is 0.784. The number of hydrogen-bond donors (Lipinski definition) is 1. The zero-order valence-corrected chi connectivity index (χ0v) is 16.6. The molecular weight excluding hydrogens is 396 g/mol. The number of rotatable bonds is 6. The number of carbonyl (C=O) groups is 1. The van der Waals surface area contributed by atoms with Crippen LogP contribution in [0.15, 0.2) is 69.8 Å². The molecule has 9 nitrogen and oxygen atoms in total. The molecule has 0 radical (unpaired) electrons. The fourth-order valence-corrected chi connectivity index (χ4v) is 3.24. The molecule has 5 rings (SSSR count). The van der Waals surface area contributed by atoms with E-state index in [2.05, 4.69) is 32.7 Å². The molecule has 0 bridgehead atoms. The number of aromatic nitrogens is 5. The zero-order valence-electron chi connectivity index (χ0n) is 16.6. The number of aryl methyl sites for hydroxylation is 1. The van der Waals surface area contributed by atoms with Gasteiger partial charge in [0.15, 0.2) is 5.76 Å². The quantitative estimate of drug-likeness (QED) is 0.438. The second-order valence-electron chi connectivity index (χ2n) is 6.95. The van der Waals surface area contributed by atoms with Crippen LogP contribution in [0, 0.1) is 0 Å². The highest BCUT2D eigenvalue weighted by atomic mass is 16.5. The topological polar surface area (TPSA) is 112 Å². The lowest BCUT2D eigenvalue weighted by atomic mass is 10.2. The van der Waals surface area contributed by atoms with Crippen LogP contribution in [0.25, 0.3) is 33.9 Å². The van der Waals surface area contributed by atoms with Crippen molar-refractivity contribution in [2.45, 2.75) is 19.9 Å². The molecule has 31 heavy (non-hydrogen) atoms. The number of anilines is 1. The minimum Gasteiger partial charge on any atom is -0.459 e. The van der Waals surface area contributed by atoms with Crippen molar-refractivity contribution in [1.29, 1.82) is 0 Å². The third-order valence-electron chi connectivity index (χ3n) is 4.77. The SMILES string of the molecule is CCCn1nnc2cc(-c3noc(-c4ccc(NC(=O)c5ccco5)cc4)n3)ccc21. The summed E-state index contributed by atoms with van der Waals surface area (Å²) in [5, 5.41) is 15.3. The van der Waals surface area contributed by atoms with Crippen LogP contribution in [-0.2, 0) is 6.54 Å². The lowest BCUT2D eigenvalue weighted by Crippen LogP contribution is -2.10. The molecule has 0 aliphatic heterocycles. The van der Waals surface area contributed by atoms with E-state index in [1.165, 1.54) is 6.26 Å². The second kappa shape index (κ2) is 7.86. The first-order chi connectivity index (χ1) is 15.2. The van der Waals surface area contributed by atoms with E-state index >= 15 is 0 Å². The molecule has 0 spiro atoms. The van der Waals surface area contributed by atoms with E-state index < -0.39 is 0 Å². The molecule has 0 aliphatic rings. The van der Waals surface area contributed by atoms with Crippen LogP contribution in [0.2, 0.25) is 0 Å². The first-order valence-corrected chi connectivity index (χ1v) is 9.84. The fraction of sp³-hybridized carbons (Fsp3) is 0.136. The minimum atomic E-state index is -0.316. The van der Waals surface area contributed by atoms with E-state index in [1.54, 1.807) is 36.4 Å². The Morgan fingerprint density at radius 2 is 1.94 bits per heavy atom. The van der Waals surface area contributed by atoms with Crippen LogP contribution in [0.1, 0.15) is 23.9 Å². The van der Waals surface area contributed by atoms with Gasteiger partial charge in [-0.1, -0.05) is 17.3 Å². The van der Waals surface area contributed by atoms with Crippen molar-refractivity contribution >= 4 is 22.6 Å². The van der Waals surface area contributed by atoms with Gasteiger partial charge in [-0.3, -0.25) is 4.79 Å². The minimum absolute atomic E-state index is 0.248. The molecular formula is C22H18N6O3. The Balaban J connectivity index is 1.34. The average Bonchev–Trinajstić information content (AvgIpc) is 3.55. The number of nitrogens with one attached hydrogen (secondary N) is 1. The van der Waals surface area contributed by atoms with E-state index in [4.69, 9.17) is 8.94 Å². The standard InChI is InChI=1S/C22H18N6O3/c1-2-11-28-18-10-7-15(13-17(18)25-27-28)20-24-22(31-26-20)14-5-8-16(9-6-14)23-21(29)19-4-3-12-30-19/h3-10,12-13H,2,11H2,1H3,(H,23,29). The summed E-state index contributed by atoms with van der Waals surface area (Å²) in [7, 11) is 0. The summed E-state index contributed by atoms with van der Waals surface area (Å²) < 4.78 is 12.4. The Bertz CT molecular complexity index is 1340. The number of fused-ring (bicyclic) bond motifs is 1. The number of hydrogen-bond acceptors (Lipinski definition) is 7. The predicted octanol–water partition coefficient (Wildman–Crippen LogP) is 4.40. The summed E-state index contributed by atoms with van der Waals surface area (Å²) in [6.07, 6.45) is 2.44. The summed E-state index contributed by atoms with van der Waals surface area (Å²) in [6.45, 7) is 2.92.